The largest absolute Gasteiger partial charge is 0.461 e. The number of aromatic nitrogens is 1. The van der Waals surface area contributed by atoms with Crippen LogP contribution in [0, 0.1) is 17.2 Å². The van der Waals surface area contributed by atoms with Crippen molar-refractivity contribution < 1.29 is 9.53 Å². The summed E-state index contributed by atoms with van der Waals surface area (Å²) in [7, 11) is 0. The van der Waals surface area contributed by atoms with Crippen LogP contribution in [0.5, 0.6) is 0 Å². The lowest BCUT2D eigenvalue weighted by atomic mass is 9.79. The molecule has 0 radical (unpaired) electrons. The minimum atomic E-state index is -0.136. The average molecular weight is 376 g/mol. The Morgan fingerprint density at radius 2 is 1.93 bits per heavy atom. The van der Waals surface area contributed by atoms with E-state index in [2.05, 4.69) is 12.1 Å². The smallest absolute Gasteiger partial charge is 0.309 e. The summed E-state index contributed by atoms with van der Waals surface area (Å²) in [5, 5.41) is 9.92. The van der Waals surface area contributed by atoms with Crippen molar-refractivity contribution in [1.29, 1.82) is 5.26 Å². The third-order valence-corrected chi connectivity index (χ3v) is 6.33. The van der Waals surface area contributed by atoms with Crippen LogP contribution in [0.25, 0.3) is 10.2 Å². The highest BCUT2D eigenvalue weighted by molar-refractivity contribution is 7.18. The molecule has 3 aromatic rings. The third kappa shape index (κ3) is 3.86. The zero-order chi connectivity index (χ0) is 18.6. The minimum Gasteiger partial charge on any atom is -0.461 e. The van der Waals surface area contributed by atoms with E-state index >= 15 is 0 Å². The van der Waals surface area contributed by atoms with Gasteiger partial charge in [-0.2, -0.15) is 5.26 Å². The molecule has 2 aromatic carbocycles. The first-order valence-electron chi connectivity index (χ1n) is 9.26. The van der Waals surface area contributed by atoms with Crippen LogP contribution in [-0.4, -0.2) is 11.0 Å². The summed E-state index contributed by atoms with van der Waals surface area (Å²) in [5.74, 6) is -0.120. The highest BCUT2D eigenvalue weighted by Gasteiger charge is 2.35. The molecule has 0 unspecified atom stereocenters. The van der Waals surface area contributed by atoms with Crippen molar-refractivity contribution in [2.75, 3.05) is 0 Å². The quantitative estimate of drug-likeness (QED) is 0.588. The predicted molar refractivity (Wildman–Crippen MR) is 105 cm³/mol. The van der Waals surface area contributed by atoms with Crippen molar-refractivity contribution in [3.63, 3.8) is 0 Å². The van der Waals surface area contributed by atoms with Crippen molar-refractivity contribution in [2.24, 2.45) is 5.92 Å². The zero-order valence-corrected chi connectivity index (χ0v) is 15.7. The molecule has 1 aliphatic rings. The Labute approximate surface area is 162 Å². The number of rotatable bonds is 4. The summed E-state index contributed by atoms with van der Waals surface area (Å²) in [6.45, 7) is 0.244. The van der Waals surface area contributed by atoms with E-state index in [9.17, 15) is 4.79 Å². The molecule has 1 heterocycles. The molecular formula is C22H20N2O2S. The predicted octanol–water partition coefficient (Wildman–Crippen LogP) is 5.19. The number of para-hydroxylation sites is 1. The molecule has 0 aliphatic heterocycles. The highest BCUT2D eigenvalue weighted by Crippen LogP contribution is 2.41. The molecule has 1 aliphatic carbocycles. The van der Waals surface area contributed by atoms with Gasteiger partial charge in [0.2, 0.25) is 0 Å². The number of carbonyl (C=O) groups excluding carboxylic acids is 1. The minimum absolute atomic E-state index is 0.127. The molecule has 1 aromatic heterocycles. The molecule has 1 fully saturated rings. The molecule has 1 saturated carbocycles. The topological polar surface area (TPSA) is 63.0 Å². The van der Waals surface area contributed by atoms with E-state index in [1.807, 2.05) is 30.3 Å². The van der Waals surface area contributed by atoms with Gasteiger partial charge >= 0.3 is 5.97 Å². The van der Waals surface area contributed by atoms with Gasteiger partial charge < -0.3 is 4.74 Å². The van der Waals surface area contributed by atoms with Crippen molar-refractivity contribution in [1.82, 2.24) is 4.98 Å². The molecule has 2 atom stereocenters. The fourth-order valence-electron chi connectivity index (χ4n) is 3.69. The summed E-state index contributed by atoms with van der Waals surface area (Å²) < 4.78 is 6.79. The first-order valence-corrected chi connectivity index (χ1v) is 10.1. The number of fused-ring (bicyclic) bond motifs is 1. The van der Waals surface area contributed by atoms with Gasteiger partial charge in [0, 0.05) is 5.92 Å². The molecule has 0 saturated heterocycles. The second-order valence-corrected chi connectivity index (χ2v) is 8.00. The lowest BCUT2D eigenvalue weighted by molar-refractivity contribution is -0.151. The summed E-state index contributed by atoms with van der Waals surface area (Å²) in [5.41, 5.74) is 2.51. The Balaban J connectivity index is 1.47. The summed E-state index contributed by atoms with van der Waals surface area (Å²) in [6.07, 6.45) is 4.02. The van der Waals surface area contributed by atoms with Gasteiger partial charge in [-0.25, -0.2) is 4.98 Å². The highest BCUT2D eigenvalue weighted by atomic mass is 32.1. The van der Waals surface area contributed by atoms with Gasteiger partial charge in [-0.3, -0.25) is 4.79 Å². The Hall–Kier alpha value is -2.71. The average Bonchev–Trinajstić information content (AvgIpc) is 3.16. The molecular weight excluding hydrogens is 356 g/mol. The first-order chi connectivity index (χ1) is 13.2. The van der Waals surface area contributed by atoms with Crippen LogP contribution in [0.3, 0.4) is 0 Å². The van der Waals surface area contributed by atoms with Crippen LogP contribution in [0.2, 0.25) is 0 Å². The maximum absolute atomic E-state index is 12.8. The number of thiazole rings is 1. The molecule has 0 N–H and O–H groups in total. The first kappa shape index (κ1) is 17.7. The summed E-state index contributed by atoms with van der Waals surface area (Å²) in [4.78, 5) is 17.6. The molecule has 0 amide bonds. The van der Waals surface area contributed by atoms with Gasteiger partial charge in [0.05, 0.1) is 32.8 Å². The molecule has 136 valence electrons. The fraction of sp³-hybridized carbons (Fsp3) is 0.318. The van der Waals surface area contributed by atoms with Gasteiger partial charge in [-0.1, -0.05) is 37.1 Å². The molecule has 0 bridgehead atoms. The lowest BCUT2D eigenvalue weighted by Crippen LogP contribution is -2.27. The second-order valence-electron chi connectivity index (χ2n) is 6.93. The van der Waals surface area contributed by atoms with E-state index in [0.29, 0.717) is 5.56 Å². The van der Waals surface area contributed by atoms with Gasteiger partial charge in [0.15, 0.2) is 0 Å². The van der Waals surface area contributed by atoms with E-state index in [4.69, 9.17) is 15.0 Å². The number of carbonyl (C=O) groups is 1. The SMILES string of the molecule is N#Cc1ccc(COC(=O)[C@H]2CCCC[C@@H]2c2nc3ccccc3s2)cc1. The van der Waals surface area contributed by atoms with Crippen molar-refractivity contribution in [2.45, 2.75) is 38.2 Å². The standard InChI is InChI=1S/C22H20N2O2S/c23-13-15-9-11-16(12-10-15)14-26-22(25)18-6-2-1-5-17(18)21-24-19-7-3-4-8-20(19)27-21/h3-4,7-12,17-18H,1-2,5-6,14H2/t17-,18-/m0/s1. The number of hydrogen-bond acceptors (Lipinski definition) is 5. The molecule has 4 nitrogen and oxygen atoms in total. The van der Waals surface area contributed by atoms with Gasteiger partial charge in [0.1, 0.15) is 6.61 Å². The number of ether oxygens (including phenoxy) is 1. The number of hydrogen-bond donors (Lipinski definition) is 0. The number of benzene rings is 2. The van der Waals surface area contributed by atoms with Crippen molar-refractivity contribution in [3.05, 3.63) is 64.7 Å². The maximum atomic E-state index is 12.8. The summed E-state index contributed by atoms with van der Waals surface area (Å²) >= 11 is 1.69. The van der Waals surface area contributed by atoms with E-state index in [0.717, 1.165) is 41.8 Å². The van der Waals surface area contributed by atoms with Gasteiger partial charge in [0.25, 0.3) is 0 Å². The molecule has 4 rings (SSSR count). The Morgan fingerprint density at radius 3 is 2.70 bits per heavy atom. The summed E-state index contributed by atoms with van der Waals surface area (Å²) in [6, 6.07) is 17.4. The van der Waals surface area contributed by atoms with Crippen molar-refractivity contribution in [3.8, 4) is 6.07 Å². The van der Waals surface area contributed by atoms with Crippen LogP contribution < -0.4 is 0 Å². The van der Waals surface area contributed by atoms with Crippen LogP contribution in [0.15, 0.2) is 48.5 Å². The number of nitriles is 1. The normalized spacial score (nSPS) is 19.5. The van der Waals surface area contributed by atoms with E-state index in [1.165, 1.54) is 4.70 Å². The number of esters is 1. The van der Waals surface area contributed by atoms with Gasteiger partial charge in [-0.05, 0) is 42.7 Å². The Bertz CT molecular complexity index is 954. The Morgan fingerprint density at radius 1 is 1.15 bits per heavy atom. The van der Waals surface area contributed by atoms with E-state index < -0.39 is 0 Å². The number of nitrogens with zero attached hydrogens (tertiary/aromatic N) is 2. The van der Waals surface area contributed by atoms with E-state index in [-0.39, 0.29) is 24.4 Å². The molecule has 5 heteroatoms. The maximum Gasteiger partial charge on any atom is 0.309 e. The second kappa shape index (κ2) is 7.89. The fourth-order valence-corrected chi connectivity index (χ4v) is 4.86. The monoisotopic (exact) mass is 376 g/mol. The van der Waals surface area contributed by atoms with Gasteiger partial charge in [-0.15, -0.1) is 11.3 Å². The Kier molecular flexibility index (Phi) is 5.17. The molecule has 0 spiro atoms. The van der Waals surface area contributed by atoms with Crippen LogP contribution in [-0.2, 0) is 16.1 Å². The van der Waals surface area contributed by atoms with Crippen molar-refractivity contribution >= 4 is 27.5 Å². The zero-order valence-electron chi connectivity index (χ0n) is 14.9. The third-order valence-electron chi connectivity index (χ3n) is 5.16. The lowest BCUT2D eigenvalue weighted by Gasteiger charge is -2.28. The molecule has 27 heavy (non-hydrogen) atoms. The van der Waals surface area contributed by atoms with E-state index in [1.54, 1.807) is 23.5 Å². The van der Waals surface area contributed by atoms with Crippen LogP contribution in [0.4, 0.5) is 0 Å². The van der Waals surface area contributed by atoms with Crippen LogP contribution >= 0.6 is 11.3 Å². The van der Waals surface area contributed by atoms with Crippen LogP contribution in [0.1, 0.15) is 47.7 Å².